The number of carbonyl (C=O) groups excluding carboxylic acids is 2. The van der Waals surface area contributed by atoms with Crippen LogP contribution in [0.5, 0.6) is 0 Å². The summed E-state index contributed by atoms with van der Waals surface area (Å²) in [4.78, 5) is 25.3. The molecule has 0 aliphatic rings. The highest BCUT2D eigenvalue weighted by Crippen LogP contribution is 2.17. The molecule has 408 valence electrons. The van der Waals surface area contributed by atoms with Crippen LogP contribution in [0.3, 0.4) is 0 Å². The zero-order valence-corrected chi connectivity index (χ0v) is 47.0. The molecule has 0 fully saturated rings. The molecule has 0 bridgehead atoms. The number of esters is 2. The zero-order chi connectivity index (χ0) is 50.6. The second kappa shape index (κ2) is 60.9. The van der Waals surface area contributed by atoms with Gasteiger partial charge in [-0.25, -0.2) is 0 Å². The third kappa shape index (κ3) is 58.2. The molecule has 0 rings (SSSR count). The van der Waals surface area contributed by atoms with Gasteiger partial charge in [-0.2, -0.15) is 0 Å². The Morgan fingerprint density at radius 1 is 0.300 bits per heavy atom. The highest BCUT2D eigenvalue weighted by molar-refractivity contribution is 5.70. The summed E-state index contributed by atoms with van der Waals surface area (Å²) < 4.78 is 17.5. The van der Waals surface area contributed by atoms with Crippen molar-refractivity contribution < 1.29 is 23.8 Å². The first-order valence-electron chi connectivity index (χ1n) is 30.8. The average Bonchev–Trinajstić information content (AvgIpc) is 3.36. The lowest BCUT2D eigenvalue weighted by Gasteiger charge is -2.18. The van der Waals surface area contributed by atoms with Gasteiger partial charge in [-0.15, -0.1) is 0 Å². The Morgan fingerprint density at radius 3 is 0.929 bits per heavy atom. The third-order valence-corrected chi connectivity index (χ3v) is 13.6. The molecule has 0 aromatic heterocycles. The molecule has 0 aliphatic carbocycles. The van der Waals surface area contributed by atoms with Crippen molar-refractivity contribution in [1.82, 2.24) is 0 Å². The second-order valence-corrected chi connectivity index (χ2v) is 20.6. The van der Waals surface area contributed by atoms with E-state index in [-0.39, 0.29) is 25.2 Å². The van der Waals surface area contributed by atoms with Crippen molar-refractivity contribution in [3.05, 3.63) is 60.8 Å². The summed E-state index contributed by atoms with van der Waals surface area (Å²) >= 11 is 0. The maximum Gasteiger partial charge on any atom is 0.306 e. The van der Waals surface area contributed by atoms with Crippen LogP contribution in [0.1, 0.15) is 316 Å². The maximum atomic E-state index is 12.7. The van der Waals surface area contributed by atoms with Crippen molar-refractivity contribution in [2.45, 2.75) is 322 Å². The molecule has 0 saturated heterocycles. The number of unbranched alkanes of at least 4 members (excludes halogenated alkanes) is 36. The van der Waals surface area contributed by atoms with Gasteiger partial charge in [0, 0.05) is 19.4 Å². The smallest absolute Gasteiger partial charge is 0.306 e. The fraction of sp³-hybridized carbons (Fsp3) is 0.815. The summed E-state index contributed by atoms with van der Waals surface area (Å²) in [7, 11) is 0. The van der Waals surface area contributed by atoms with Gasteiger partial charge in [0.2, 0.25) is 0 Å². The van der Waals surface area contributed by atoms with Crippen molar-refractivity contribution in [1.29, 1.82) is 0 Å². The minimum absolute atomic E-state index is 0.121. The molecule has 0 aromatic rings. The summed E-state index contributed by atoms with van der Waals surface area (Å²) in [5.41, 5.74) is 0. The molecule has 0 amide bonds. The molecule has 0 spiro atoms. The highest BCUT2D eigenvalue weighted by atomic mass is 16.6. The first-order chi connectivity index (χ1) is 34.6. The molecule has 0 saturated carbocycles. The van der Waals surface area contributed by atoms with Crippen LogP contribution in [-0.4, -0.2) is 37.9 Å². The largest absolute Gasteiger partial charge is 0.463 e. The number of ether oxygens (including phenoxy) is 3. The minimum Gasteiger partial charge on any atom is -0.463 e. The van der Waals surface area contributed by atoms with E-state index < -0.39 is 6.10 Å². The first kappa shape index (κ1) is 67.6. The van der Waals surface area contributed by atoms with E-state index in [0.717, 1.165) is 51.4 Å². The molecule has 0 aromatic carbocycles. The van der Waals surface area contributed by atoms with Crippen molar-refractivity contribution >= 4 is 11.9 Å². The van der Waals surface area contributed by atoms with Gasteiger partial charge in [-0.1, -0.05) is 306 Å². The van der Waals surface area contributed by atoms with E-state index in [1.54, 1.807) is 0 Å². The SMILES string of the molecule is CCCCC/C=C\C/C=C\C/C=C\C/C=C\C/C=C\CCC(=O)OC[C@H](COC(=O)CCCCCCCCCCCCCCCCCCCCC)OCCCCCCCCCCCCCCCCCC. The van der Waals surface area contributed by atoms with E-state index in [1.165, 1.54) is 225 Å². The Kier molecular flexibility index (Phi) is 58.8. The molecule has 1 atom stereocenters. The van der Waals surface area contributed by atoms with E-state index in [2.05, 4.69) is 81.5 Å². The lowest BCUT2D eigenvalue weighted by Crippen LogP contribution is -2.29. The summed E-state index contributed by atoms with van der Waals surface area (Å²) in [5.74, 6) is -0.410. The van der Waals surface area contributed by atoms with Gasteiger partial charge in [-0.3, -0.25) is 9.59 Å². The van der Waals surface area contributed by atoms with Crippen LogP contribution in [0.4, 0.5) is 0 Å². The lowest BCUT2D eigenvalue weighted by atomic mass is 10.0. The summed E-state index contributed by atoms with van der Waals surface area (Å²) in [5, 5.41) is 0. The lowest BCUT2D eigenvalue weighted by molar-refractivity contribution is -0.155. The van der Waals surface area contributed by atoms with Crippen LogP contribution in [-0.2, 0) is 23.8 Å². The van der Waals surface area contributed by atoms with Crippen LogP contribution in [0.2, 0.25) is 0 Å². The number of rotatable bonds is 57. The predicted molar refractivity (Wildman–Crippen MR) is 307 cm³/mol. The second-order valence-electron chi connectivity index (χ2n) is 20.6. The number of hydrogen-bond acceptors (Lipinski definition) is 5. The van der Waals surface area contributed by atoms with E-state index in [9.17, 15) is 9.59 Å². The van der Waals surface area contributed by atoms with Gasteiger partial charge in [0.1, 0.15) is 19.3 Å². The van der Waals surface area contributed by atoms with E-state index in [0.29, 0.717) is 25.9 Å². The monoisotopic (exact) mass is 979 g/mol. The molecule has 5 heteroatoms. The van der Waals surface area contributed by atoms with E-state index in [1.807, 2.05) is 0 Å². The number of allylic oxidation sites excluding steroid dienone is 10. The summed E-state index contributed by atoms with van der Waals surface area (Å²) in [6.45, 7) is 7.68. The molecular formula is C65H118O5. The first-order valence-corrected chi connectivity index (χ1v) is 30.8. The third-order valence-electron chi connectivity index (χ3n) is 13.6. The van der Waals surface area contributed by atoms with Crippen molar-refractivity contribution in [3.8, 4) is 0 Å². The Labute approximate surface area is 436 Å². The Hall–Kier alpha value is -2.40. The summed E-state index contributed by atoms with van der Waals surface area (Å²) in [6.07, 6.45) is 78.6. The average molecular weight is 980 g/mol. The fourth-order valence-corrected chi connectivity index (χ4v) is 8.94. The Morgan fingerprint density at radius 2 is 0.571 bits per heavy atom. The van der Waals surface area contributed by atoms with Crippen molar-refractivity contribution in [2.75, 3.05) is 19.8 Å². The van der Waals surface area contributed by atoms with Crippen LogP contribution in [0.25, 0.3) is 0 Å². The van der Waals surface area contributed by atoms with E-state index >= 15 is 0 Å². The van der Waals surface area contributed by atoms with Gasteiger partial charge in [0.05, 0.1) is 0 Å². The van der Waals surface area contributed by atoms with E-state index in [4.69, 9.17) is 14.2 Å². The topological polar surface area (TPSA) is 61.8 Å². The van der Waals surface area contributed by atoms with Crippen molar-refractivity contribution in [2.24, 2.45) is 0 Å². The Bertz CT molecular complexity index is 1200. The molecule has 0 N–H and O–H groups in total. The van der Waals surface area contributed by atoms with Gasteiger partial charge >= 0.3 is 11.9 Å². The quantitative estimate of drug-likeness (QED) is 0.0345. The molecule has 0 aliphatic heterocycles. The molecule has 70 heavy (non-hydrogen) atoms. The number of carbonyl (C=O) groups is 2. The highest BCUT2D eigenvalue weighted by Gasteiger charge is 2.16. The van der Waals surface area contributed by atoms with Gasteiger partial charge in [0.15, 0.2) is 0 Å². The molecule has 5 nitrogen and oxygen atoms in total. The Balaban J connectivity index is 4.32. The standard InChI is InChI=1S/C65H118O5/c1-4-7-10-13-16-19-22-25-28-31-33-35-37-40-43-46-49-52-55-58-64(66)69-61-63(68-60-57-54-51-48-45-42-39-30-27-24-21-18-15-12-9-6-3)62-70-65(67)59-56-53-50-47-44-41-38-36-34-32-29-26-23-20-17-14-11-8-5-2/h16,19,25,28,33,35,40,43,49,52,63H,4-15,17-18,20-24,26-27,29-32,34,36-39,41-42,44-48,50-51,53-62H2,1-3H3/b19-16-,28-25-,35-33-,43-40-,52-49-/t63-/m1/s1. The van der Waals surface area contributed by atoms with Crippen LogP contribution in [0, 0.1) is 0 Å². The zero-order valence-electron chi connectivity index (χ0n) is 47.0. The summed E-state index contributed by atoms with van der Waals surface area (Å²) in [6, 6.07) is 0. The molecular weight excluding hydrogens is 861 g/mol. The molecule has 0 unspecified atom stereocenters. The normalized spacial score (nSPS) is 12.6. The van der Waals surface area contributed by atoms with Gasteiger partial charge in [0.25, 0.3) is 0 Å². The van der Waals surface area contributed by atoms with Gasteiger partial charge in [-0.05, 0) is 57.8 Å². The van der Waals surface area contributed by atoms with Crippen LogP contribution < -0.4 is 0 Å². The van der Waals surface area contributed by atoms with Crippen molar-refractivity contribution in [3.63, 3.8) is 0 Å². The maximum absolute atomic E-state index is 12.7. The van der Waals surface area contributed by atoms with Crippen LogP contribution in [0.15, 0.2) is 60.8 Å². The minimum atomic E-state index is -0.428. The number of hydrogen-bond donors (Lipinski definition) is 0. The molecule has 0 radical (unpaired) electrons. The molecule has 0 heterocycles. The van der Waals surface area contributed by atoms with Gasteiger partial charge < -0.3 is 14.2 Å². The predicted octanol–water partition coefficient (Wildman–Crippen LogP) is 21.2. The van der Waals surface area contributed by atoms with Crippen LogP contribution >= 0.6 is 0 Å². The fourth-order valence-electron chi connectivity index (χ4n) is 8.94.